The fraction of sp³-hybridized carbons (Fsp3) is 0.192. The van der Waals surface area contributed by atoms with Crippen molar-refractivity contribution < 1.29 is 23.4 Å². The van der Waals surface area contributed by atoms with Crippen LogP contribution in [0.4, 0.5) is 4.39 Å². The summed E-state index contributed by atoms with van der Waals surface area (Å²) < 4.78 is 32.8. The van der Waals surface area contributed by atoms with E-state index in [2.05, 4.69) is 5.10 Å². The van der Waals surface area contributed by atoms with E-state index in [4.69, 9.17) is 14.2 Å². The summed E-state index contributed by atoms with van der Waals surface area (Å²) in [5.74, 6) is -0.785. The zero-order valence-electron chi connectivity index (χ0n) is 18.4. The number of fused-ring (bicyclic) bond motifs is 2. The maximum Gasteiger partial charge on any atom is 0.359 e. The molecular formula is C26H21FN2O5. The number of hydrogen-bond acceptors (Lipinski definition) is 6. The summed E-state index contributed by atoms with van der Waals surface area (Å²) in [5, 5.41) is 4.97. The zero-order valence-corrected chi connectivity index (χ0v) is 18.4. The van der Waals surface area contributed by atoms with E-state index in [0.29, 0.717) is 34.2 Å². The van der Waals surface area contributed by atoms with Crippen LogP contribution in [0.5, 0.6) is 5.75 Å². The van der Waals surface area contributed by atoms with Crippen LogP contribution in [0.25, 0.3) is 10.8 Å². The number of carbonyl (C=O) groups excluding carboxylic acids is 1. The highest BCUT2D eigenvalue weighted by molar-refractivity contribution is 6.02. The van der Waals surface area contributed by atoms with Gasteiger partial charge in [0.15, 0.2) is 5.69 Å². The highest BCUT2D eigenvalue weighted by Gasteiger charge is 2.26. The lowest BCUT2D eigenvalue weighted by Crippen LogP contribution is -2.26. The third-order valence-electron chi connectivity index (χ3n) is 5.61. The maximum absolute atomic E-state index is 14.3. The van der Waals surface area contributed by atoms with Gasteiger partial charge < -0.3 is 14.2 Å². The Morgan fingerprint density at radius 1 is 1.12 bits per heavy atom. The molecule has 0 aliphatic carbocycles. The summed E-state index contributed by atoms with van der Waals surface area (Å²) in [5.41, 5.74) is 1.46. The van der Waals surface area contributed by atoms with Crippen molar-refractivity contribution >= 4 is 16.7 Å². The molecule has 0 unspecified atom stereocenters. The van der Waals surface area contributed by atoms with Crippen molar-refractivity contribution in [3.8, 4) is 5.75 Å². The van der Waals surface area contributed by atoms with E-state index in [-0.39, 0.29) is 24.5 Å². The van der Waals surface area contributed by atoms with Crippen molar-refractivity contribution in [1.29, 1.82) is 0 Å². The van der Waals surface area contributed by atoms with Gasteiger partial charge in [-0.1, -0.05) is 48.5 Å². The molecule has 3 aromatic carbocycles. The number of hydrogen-bond donors (Lipinski definition) is 0. The SMILES string of the molecule is CCn1nc(C(=O)OCc2cc(F)cc3c2O[C@@H](c2ccccc2)OC3)c2ccccc2c1=O. The minimum absolute atomic E-state index is 0.0220. The summed E-state index contributed by atoms with van der Waals surface area (Å²) >= 11 is 0. The van der Waals surface area contributed by atoms with Crippen LogP contribution in [0, 0.1) is 5.82 Å². The van der Waals surface area contributed by atoms with Crippen LogP contribution in [-0.2, 0) is 29.2 Å². The van der Waals surface area contributed by atoms with Gasteiger partial charge in [-0.3, -0.25) is 4.79 Å². The first-order valence-corrected chi connectivity index (χ1v) is 10.9. The van der Waals surface area contributed by atoms with Crippen molar-refractivity contribution in [2.45, 2.75) is 33.0 Å². The fourth-order valence-corrected chi connectivity index (χ4v) is 3.97. The van der Waals surface area contributed by atoms with E-state index >= 15 is 0 Å². The Kier molecular flexibility index (Phi) is 5.81. The quantitative estimate of drug-likeness (QED) is 0.408. The fourth-order valence-electron chi connectivity index (χ4n) is 3.97. The number of halogens is 1. The molecule has 172 valence electrons. The molecule has 0 radical (unpaired) electrons. The van der Waals surface area contributed by atoms with Crippen molar-refractivity contribution in [3.05, 3.63) is 105 Å². The van der Waals surface area contributed by atoms with Gasteiger partial charge in [0.05, 0.1) is 12.0 Å². The topological polar surface area (TPSA) is 79.7 Å². The molecule has 0 amide bonds. The van der Waals surface area contributed by atoms with Gasteiger partial charge in [0.1, 0.15) is 18.2 Å². The Bertz CT molecular complexity index is 1430. The number of benzene rings is 3. The highest BCUT2D eigenvalue weighted by atomic mass is 19.1. The molecule has 7 nitrogen and oxygen atoms in total. The van der Waals surface area contributed by atoms with E-state index in [1.54, 1.807) is 31.2 Å². The molecule has 1 aliphatic heterocycles. The molecule has 0 fully saturated rings. The molecule has 1 aromatic heterocycles. The lowest BCUT2D eigenvalue weighted by molar-refractivity contribution is -0.112. The number of aryl methyl sites for hydroxylation is 1. The Morgan fingerprint density at radius 2 is 1.85 bits per heavy atom. The Balaban J connectivity index is 1.44. The van der Waals surface area contributed by atoms with E-state index in [1.165, 1.54) is 16.8 Å². The van der Waals surface area contributed by atoms with Gasteiger partial charge in [-0.05, 0) is 25.1 Å². The molecule has 2 heterocycles. The zero-order chi connectivity index (χ0) is 23.7. The van der Waals surface area contributed by atoms with Gasteiger partial charge in [0.25, 0.3) is 5.56 Å². The predicted molar refractivity (Wildman–Crippen MR) is 122 cm³/mol. The first kappa shape index (κ1) is 21.8. The molecule has 1 atom stereocenters. The maximum atomic E-state index is 14.3. The average molecular weight is 460 g/mol. The first-order chi connectivity index (χ1) is 16.5. The molecular weight excluding hydrogens is 439 g/mol. The van der Waals surface area contributed by atoms with E-state index < -0.39 is 18.1 Å². The molecule has 5 rings (SSSR count). The van der Waals surface area contributed by atoms with Gasteiger partial charge in [0, 0.05) is 28.6 Å². The number of rotatable bonds is 5. The van der Waals surface area contributed by atoms with Gasteiger partial charge in [-0.25, -0.2) is 13.9 Å². The summed E-state index contributed by atoms with van der Waals surface area (Å²) in [6.07, 6.45) is -0.660. The number of carbonyl (C=O) groups is 1. The van der Waals surface area contributed by atoms with Gasteiger partial charge >= 0.3 is 5.97 Å². The molecule has 0 N–H and O–H groups in total. The summed E-state index contributed by atoms with van der Waals surface area (Å²) in [7, 11) is 0. The van der Waals surface area contributed by atoms with Crippen molar-refractivity contribution in [3.63, 3.8) is 0 Å². The Labute approximate surface area is 194 Å². The lowest BCUT2D eigenvalue weighted by atomic mass is 10.1. The van der Waals surface area contributed by atoms with E-state index in [9.17, 15) is 14.0 Å². The summed E-state index contributed by atoms with van der Waals surface area (Å²) in [6.45, 7) is 1.99. The largest absolute Gasteiger partial charge is 0.460 e. The minimum atomic E-state index is -0.719. The summed E-state index contributed by atoms with van der Waals surface area (Å²) in [4.78, 5) is 25.5. The number of aromatic nitrogens is 2. The first-order valence-electron chi connectivity index (χ1n) is 10.9. The lowest BCUT2D eigenvalue weighted by Gasteiger charge is -2.28. The molecule has 0 bridgehead atoms. The minimum Gasteiger partial charge on any atom is -0.460 e. The molecule has 34 heavy (non-hydrogen) atoms. The van der Waals surface area contributed by atoms with Crippen LogP contribution < -0.4 is 10.3 Å². The third kappa shape index (κ3) is 4.04. The van der Waals surface area contributed by atoms with Crippen LogP contribution >= 0.6 is 0 Å². The number of nitrogens with zero attached hydrogens (tertiary/aromatic N) is 2. The van der Waals surface area contributed by atoms with Crippen LogP contribution in [0.1, 0.15) is 40.4 Å². The van der Waals surface area contributed by atoms with Gasteiger partial charge in [0.2, 0.25) is 6.29 Å². The highest BCUT2D eigenvalue weighted by Crippen LogP contribution is 2.37. The second kappa shape index (κ2) is 9.07. The van der Waals surface area contributed by atoms with Crippen LogP contribution in [0.3, 0.4) is 0 Å². The van der Waals surface area contributed by atoms with Crippen molar-refractivity contribution in [1.82, 2.24) is 9.78 Å². The predicted octanol–water partition coefficient (Wildman–Crippen LogP) is 4.52. The molecule has 0 spiro atoms. The molecule has 0 saturated carbocycles. The van der Waals surface area contributed by atoms with Crippen molar-refractivity contribution in [2.24, 2.45) is 0 Å². The Hall–Kier alpha value is -4.04. The molecule has 1 aliphatic rings. The monoisotopic (exact) mass is 460 g/mol. The van der Waals surface area contributed by atoms with E-state index in [0.717, 1.165) is 5.56 Å². The molecule has 8 heteroatoms. The average Bonchev–Trinajstić information content (AvgIpc) is 2.87. The smallest absolute Gasteiger partial charge is 0.359 e. The van der Waals surface area contributed by atoms with E-state index in [1.807, 2.05) is 30.3 Å². The summed E-state index contributed by atoms with van der Waals surface area (Å²) in [6, 6.07) is 18.7. The Morgan fingerprint density at radius 3 is 2.62 bits per heavy atom. The third-order valence-corrected chi connectivity index (χ3v) is 5.61. The molecule has 4 aromatic rings. The van der Waals surface area contributed by atoms with Crippen LogP contribution in [-0.4, -0.2) is 15.7 Å². The van der Waals surface area contributed by atoms with Crippen LogP contribution in [0.15, 0.2) is 71.5 Å². The second-order valence-corrected chi connectivity index (χ2v) is 7.82. The number of ether oxygens (including phenoxy) is 3. The van der Waals surface area contributed by atoms with Crippen molar-refractivity contribution in [2.75, 3.05) is 0 Å². The van der Waals surface area contributed by atoms with Gasteiger partial charge in [-0.15, -0.1) is 0 Å². The number of esters is 1. The second-order valence-electron chi connectivity index (χ2n) is 7.82. The standard InChI is InChI=1S/C26H21FN2O5/c1-2-29-24(30)21-11-7-6-10-20(21)22(28-29)25(31)32-14-17-12-19(27)13-18-15-33-26(34-23(17)18)16-8-4-3-5-9-16/h3-13,26H,2,14-15H2,1H3/t26-/m0/s1. The normalized spacial score (nSPS) is 14.9. The molecule has 0 saturated heterocycles. The van der Waals surface area contributed by atoms with Crippen LogP contribution in [0.2, 0.25) is 0 Å². The van der Waals surface area contributed by atoms with Gasteiger partial charge in [-0.2, -0.15) is 5.10 Å².